The fourth-order valence-corrected chi connectivity index (χ4v) is 2.89. The van der Waals surface area contributed by atoms with Crippen LogP contribution in [0.1, 0.15) is 23.1 Å². The average molecular weight is 375 g/mol. The number of ether oxygens (including phenoxy) is 1. The van der Waals surface area contributed by atoms with Gasteiger partial charge in [0, 0.05) is 21.5 Å². The zero-order valence-corrected chi connectivity index (χ0v) is 15.5. The maximum atomic E-state index is 12.0. The van der Waals surface area contributed by atoms with Gasteiger partial charge in [-0.2, -0.15) is 0 Å². The monoisotopic (exact) mass is 374 g/mol. The van der Waals surface area contributed by atoms with Gasteiger partial charge < -0.3 is 9.64 Å². The van der Waals surface area contributed by atoms with E-state index in [2.05, 4.69) is 10.3 Å². The van der Waals surface area contributed by atoms with Crippen molar-refractivity contribution >= 4 is 43.6 Å². The molecule has 6 nitrogen and oxygen atoms in total. The first-order chi connectivity index (χ1) is 11.0. The Kier molecular flexibility index (Phi) is 6.22. The Balaban J connectivity index is 2.28. The predicted octanol–water partition coefficient (Wildman–Crippen LogP) is 3.47. The number of carbonyl (C=O) groups is 1. The van der Waals surface area contributed by atoms with Crippen LogP contribution in [0.5, 0.6) is 0 Å². The molecule has 0 radical (unpaired) electrons. The first-order valence-electron chi connectivity index (χ1n) is 6.93. The number of carbonyl (C=O) groups excluding carboxylic acids is 1. The molecule has 0 aliphatic carbocycles. The molecule has 1 aromatic heterocycles. The van der Waals surface area contributed by atoms with E-state index in [1.165, 1.54) is 0 Å². The van der Waals surface area contributed by atoms with E-state index in [1.54, 1.807) is 23.5 Å². The van der Waals surface area contributed by atoms with Crippen LogP contribution in [0, 0.1) is 0 Å². The summed E-state index contributed by atoms with van der Waals surface area (Å²) in [6.07, 6.45) is 0. The fourth-order valence-electron chi connectivity index (χ4n) is 2.02. The second-order valence-corrected chi connectivity index (χ2v) is 6.38. The SMILES string of the molecule is CCOC(=O)c1nnn(PC)c1CN(C)c1ccc(Cl)c(Cl)c1. The van der Waals surface area contributed by atoms with Gasteiger partial charge in [0.1, 0.15) is 0 Å². The van der Waals surface area contributed by atoms with E-state index in [0.29, 0.717) is 37.6 Å². The Labute approximate surface area is 146 Å². The molecule has 0 spiro atoms. The Hall–Kier alpha value is -1.36. The summed E-state index contributed by atoms with van der Waals surface area (Å²) >= 11 is 12.0. The van der Waals surface area contributed by atoms with Gasteiger partial charge in [0.25, 0.3) is 0 Å². The maximum absolute atomic E-state index is 12.0. The minimum absolute atomic E-state index is 0.244. The highest BCUT2D eigenvalue weighted by molar-refractivity contribution is 7.35. The number of rotatable bonds is 6. The Morgan fingerprint density at radius 1 is 1.39 bits per heavy atom. The molecule has 0 fully saturated rings. The van der Waals surface area contributed by atoms with Gasteiger partial charge in [0.15, 0.2) is 5.69 Å². The van der Waals surface area contributed by atoms with Crippen molar-refractivity contribution in [1.82, 2.24) is 14.8 Å². The number of esters is 1. The molecule has 2 aromatic rings. The van der Waals surface area contributed by atoms with E-state index in [-0.39, 0.29) is 5.69 Å². The number of nitrogens with zero attached hydrogens (tertiary/aromatic N) is 4. The van der Waals surface area contributed by atoms with Gasteiger partial charge in [-0.05, 0) is 31.8 Å². The van der Waals surface area contributed by atoms with Gasteiger partial charge in [0.05, 0.1) is 28.9 Å². The lowest BCUT2D eigenvalue weighted by Gasteiger charge is -2.20. The third-order valence-corrected chi connectivity index (χ3v) is 4.70. The van der Waals surface area contributed by atoms with Gasteiger partial charge in [-0.25, -0.2) is 9.25 Å². The molecule has 0 N–H and O–H groups in total. The van der Waals surface area contributed by atoms with Crippen molar-refractivity contribution in [2.45, 2.75) is 13.5 Å². The number of hydrogen-bond donors (Lipinski definition) is 0. The minimum Gasteiger partial charge on any atom is -0.461 e. The van der Waals surface area contributed by atoms with Crippen LogP contribution in [-0.4, -0.2) is 41.1 Å². The maximum Gasteiger partial charge on any atom is 0.360 e. The van der Waals surface area contributed by atoms with E-state index in [1.807, 2.05) is 24.7 Å². The molecular weight excluding hydrogens is 358 g/mol. The van der Waals surface area contributed by atoms with Gasteiger partial charge in [-0.3, -0.25) is 0 Å². The number of anilines is 1. The molecule has 1 atom stereocenters. The summed E-state index contributed by atoms with van der Waals surface area (Å²) in [7, 11) is 2.25. The molecule has 1 unspecified atom stereocenters. The molecular formula is C14H17Cl2N4O2P. The predicted molar refractivity (Wildman–Crippen MR) is 94.2 cm³/mol. The molecule has 1 aromatic carbocycles. The smallest absolute Gasteiger partial charge is 0.360 e. The summed E-state index contributed by atoms with van der Waals surface area (Å²) in [5, 5.41) is 8.95. The van der Waals surface area contributed by atoms with E-state index in [9.17, 15) is 4.79 Å². The third-order valence-electron chi connectivity index (χ3n) is 3.17. The largest absolute Gasteiger partial charge is 0.461 e. The van der Waals surface area contributed by atoms with Crippen molar-refractivity contribution in [2.24, 2.45) is 0 Å². The highest BCUT2D eigenvalue weighted by atomic mass is 35.5. The van der Waals surface area contributed by atoms with Crippen molar-refractivity contribution in [3.8, 4) is 0 Å². The molecule has 0 aliphatic heterocycles. The van der Waals surface area contributed by atoms with Crippen LogP contribution in [0.3, 0.4) is 0 Å². The molecule has 0 aliphatic rings. The number of aromatic nitrogens is 3. The Morgan fingerprint density at radius 2 is 2.13 bits per heavy atom. The van der Waals surface area contributed by atoms with E-state index in [0.717, 1.165) is 5.69 Å². The van der Waals surface area contributed by atoms with Crippen LogP contribution in [0.2, 0.25) is 10.0 Å². The van der Waals surface area contributed by atoms with Gasteiger partial charge in [0.2, 0.25) is 0 Å². The Bertz CT molecular complexity index is 708. The van der Waals surface area contributed by atoms with Crippen molar-refractivity contribution in [3.63, 3.8) is 0 Å². The van der Waals surface area contributed by atoms with Crippen molar-refractivity contribution < 1.29 is 9.53 Å². The standard InChI is InChI=1S/C14H17Cl2N4O2P/c1-4-22-14(21)13-12(20(23-3)18-17-13)8-19(2)9-5-6-10(15)11(16)7-9/h5-7,23H,4,8H2,1-3H3. The molecule has 2 rings (SSSR count). The summed E-state index contributed by atoms with van der Waals surface area (Å²) in [5.41, 5.74) is 1.83. The normalized spacial score (nSPS) is 11.2. The van der Waals surface area contributed by atoms with Crippen LogP contribution >= 0.6 is 31.9 Å². The molecule has 0 saturated carbocycles. The molecule has 9 heteroatoms. The van der Waals surface area contributed by atoms with Crippen LogP contribution in [0.25, 0.3) is 0 Å². The summed E-state index contributed by atoms with van der Waals surface area (Å²) in [6, 6.07) is 5.37. The lowest BCUT2D eigenvalue weighted by Crippen LogP contribution is -2.20. The quantitative estimate of drug-likeness (QED) is 0.572. The number of benzene rings is 1. The highest BCUT2D eigenvalue weighted by Crippen LogP contribution is 2.28. The van der Waals surface area contributed by atoms with Crippen LogP contribution < -0.4 is 4.90 Å². The van der Waals surface area contributed by atoms with Crippen molar-refractivity contribution in [3.05, 3.63) is 39.6 Å². The van der Waals surface area contributed by atoms with Crippen LogP contribution in [-0.2, 0) is 11.3 Å². The second kappa shape index (κ2) is 7.95. The number of halogens is 2. The molecule has 0 amide bonds. The van der Waals surface area contributed by atoms with E-state index < -0.39 is 5.97 Å². The topological polar surface area (TPSA) is 60.2 Å². The van der Waals surface area contributed by atoms with Gasteiger partial charge in [-0.15, -0.1) is 5.10 Å². The van der Waals surface area contributed by atoms with Crippen molar-refractivity contribution in [1.29, 1.82) is 0 Å². The molecule has 23 heavy (non-hydrogen) atoms. The Morgan fingerprint density at radius 3 is 2.74 bits per heavy atom. The van der Waals surface area contributed by atoms with Gasteiger partial charge >= 0.3 is 5.97 Å². The third kappa shape index (κ3) is 4.14. The lowest BCUT2D eigenvalue weighted by molar-refractivity contribution is 0.0518. The lowest BCUT2D eigenvalue weighted by atomic mass is 10.2. The first kappa shape index (κ1) is 18.0. The first-order valence-corrected chi connectivity index (χ1v) is 9.13. The average Bonchev–Trinajstić information content (AvgIpc) is 2.93. The van der Waals surface area contributed by atoms with E-state index in [4.69, 9.17) is 27.9 Å². The summed E-state index contributed by atoms with van der Waals surface area (Å²) in [4.78, 5) is 14.0. The fraction of sp³-hybridized carbons (Fsp3) is 0.357. The second-order valence-electron chi connectivity index (χ2n) is 4.70. The number of hydrogen-bond acceptors (Lipinski definition) is 5. The zero-order valence-electron chi connectivity index (χ0n) is 13.0. The molecule has 0 bridgehead atoms. The summed E-state index contributed by atoms with van der Waals surface area (Å²) in [6.45, 7) is 4.46. The summed E-state index contributed by atoms with van der Waals surface area (Å²) in [5.74, 6) is -0.463. The minimum atomic E-state index is -0.463. The van der Waals surface area contributed by atoms with E-state index >= 15 is 0 Å². The van der Waals surface area contributed by atoms with Gasteiger partial charge in [-0.1, -0.05) is 28.4 Å². The molecule has 124 valence electrons. The summed E-state index contributed by atoms with van der Waals surface area (Å²) < 4.78 is 6.75. The highest BCUT2D eigenvalue weighted by Gasteiger charge is 2.21. The van der Waals surface area contributed by atoms with Crippen LogP contribution in [0.15, 0.2) is 18.2 Å². The zero-order chi connectivity index (χ0) is 17.0. The van der Waals surface area contributed by atoms with Crippen molar-refractivity contribution in [2.75, 3.05) is 25.2 Å². The van der Waals surface area contributed by atoms with Crippen LogP contribution in [0.4, 0.5) is 5.69 Å². The molecule has 1 heterocycles. The molecule has 0 saturated heterocycles.